The molecule has 0 amide bonds. The second kappa shape index (κ2) is 7.44. The highest BCUT2D eigenvalue weighted by Crippen LogP contribution is 2.29. The largest absolute Gasteiger partial charge is 0.416 e. The van der Waals surface area contributed by atoms with Gasteiger partial charge in [0.1, 0.15) is 0 Å². The molecular weight excluding hydrogens is 337 g/mol. The van der Waals surface area contributed by atoms with Gasteiger partial charge in [0, 0.05) is 17.8 Å². The third-order valence-electron chi connectivity index (χ3n) is 3.26. The van der Waals surface area contributed by atoms with Crippen molar-refractivity contribution in [2.24, 2.45) is 0 Å². The maximum atomic E-state index is 12.7. The Balaban J connectivity index is 1.92. The molecule has 7 heteroatoms. The summed E-state index contributed by atoms with van der Waals surface area (Å²) in [5, 5.41) is 6.04. The molecular formula is C17H15F3N2OS. The zero-order chi connectivity index (χ0) is 17.7. The van der Waals surface area contributed by atoms with E-state index in [0.29, 0.717) is 16.8 Å². The van der Waals surface area contributed by atoms with E-state index >= 15 is 0 Å². The second-order valence-electron chi connectivity index (χ2n) is 5.14. The number of carbonyl (C=O) groups is 1. The lowest BCUT2D eigenvalue weighted by Crippen LogP contribution is -2.28. The Hall–Kier alpha value is -2.41. The van der Waals surface area contributed by atoms with Gasteiger partial charge < -0.3 is 10.6 Å². The van der Waals surface area contributed by atoms with Crippen molar-refractivity contribution in [1.29, 1.82) is 0 Å². The zero-order valence-corrected chi connectivity index (χ0v) is 13.6. The first kappa shape index (κ1) is 17.9. The van der Waals surface area contributed by atoms with Crippen molar-refractivity contribution in [2.45, 2.75) is 19.6 Å². The second-order valence-corrected chi connectivity index (χ2v) is 5.55. The molecule has 0 atom stereocenters. The van der Waals surface area contributed by atoms with Gasteiger partial charge in [0.25, 0.3) is 0 Å². The highest BCUT2D eigenvalue weighted by Gasteiger charge is 2.30. The van der Waals surface area contributed by atoms with Crippen molar-refractivity contribution in [2.75, 3.05) is 5.32 Å². The fraction of sp³-hybridized carbons (Fsp3) is 0.176. The van der Waals surface area contributed by atoms with Crippen molar-refractivity contribution < 1.29 is 18.0 Å². The minimum absolute atomic E-state index is 0.0354. The number of carbonyl (C=O) groups excluding carboxylic acids is 1. The summed E-state index contributed by atoms with van der Waals surface area (Å²) in [4.78, 5) is 11.2. The van der Waals surface area contributed by atoms with Crippen molar-refractivity contribution in [3.8, 4) is 0 Å². The molecule has 0 aliphatic carbocycles. The predicted octanol–water partition coefficient (Wildman–Crippen LogP) is 4.39. The summed E-state index contributed by atoms with van der Waals surface area (Å²) in [5.74, 6) is -0.0354. The molecule has 0 aliphatic heterocycles. The standard InChI is InChI=1S/C17H15F3N2OS/c1-11(23)13-5-7-15(8-6-13)22-16(24)21-10-12-3-2-4-14(9-12)17(18,19)20/h2-9H,10H2,1H3,(H2,21,22,24). The van der Waals surface area contributed by atoms with E-state index in [1.54, 1.807) is 30.3 Å². The van der Waals surface area contributed by atoms with Gasteiger partial charge in [0.2, 0.25) is 0 Å². The first-order valence-electron chi connectivity index (χ1n) is 7.08. The monoisotopic (exact) mass is 352 g/mol. The Labute approximate surface area is 142 Å². The lowest BCUT2D eigenvalue weighted by Gasteiger charge is -2.12. The van der Waals surface area contributed by atoms with Gasteiger partial charge in [-0.05, 0) is 61.1 Å². The van der Waals surface area contributed by atoms with Crippen LogP contribution in [0.4, 0.5) is 18.9 Å². The molecule has 126 valence electrons. The first-order chi connectivity index (χ1) is 11.3. The van der Waals surface area contributed by atoms with Crippen molar-refractivity contribution >= 4 is 28.8 Å². The van der Waals surface area contributed by atoms with Crippen LogP contribution >= 0.6 is 12.2 Å². The predicted molar refractivity (Wildman–Crippen MR) is 91.0 cm³/mol. The van der Waals surface area contributed by atoms with Gasteiger partial charge in [0.15, 0.2) is 10.9 Å². The summed E-state index contributed by atoms with van der Waals surface area (Å²) in [6.07, 6.45) is -4.37. The third-order valence-corrected chi connectivity index (χ3v) is 3.50. The van der Waals surface area contributed by atoms with Crippen LogP contribution in [0.15, 0.2) is 48.5 Å². The first-order valence-corrected chi connectivity index (χ1v) is 7.48. The molecule has 0 fully saturated rings. The lowest BCUT2D eigenvalue weighted by atomic mass is 10.1. The molecule has 2 rings (SSSR count). The molecule has 0 saturated carbocycles. The number of benzene rings is 2. The number of Topliss-reactive ketones (excluding diaryl/α,β-unsaturated/α-hetero) is 1. The fourth-order valence-electron chi connectivity index (χ4n) is 2.00. The van der Waals surface area contributed by atoms with Crippen molar-refractivity contribution in [1.82, 2.24) is 5.32 Å². The molecule has 24 heavy (non-hydrogen) atoms. The number of ketones is 1. The Kier molecular flexibility index (Phi) is 5.56. The maximum absolute atomic E-state index is 12.7. The third kappa shape index (κ3) is 5.06. The van der Waals surface area contributed by atoms with E-state index in [4.69, 9.17) is 12.2 Å². The smallest absolute Gasteiger partial charge is 0.358 e. The molecule has 2 aromatic rings. The zero-order valence-electron chi connectivity index (χ0n) is 12.8. The Morgan fingerprint density at radius 1 is 1.12 bits per heavy atom. The number of hydrogen-bond acceptors (Lipinski definition) is 2. The number of alkyl halides is 3. The van der Waals surface area contributed by atoms with Gasteiger partial charge in [-0.1, -0.05) is 12.1 Å². The van der Waals surface area contributed by atoms with Crippen LogP contribution in [-0.2, 0) is 12.7 Å². The molecule has 0 spiro atoms. The van der Waals surface area contributed by atoms with Crippen LogP contribution in [-0.4, -0.2) is 10.9 Å². The van der Waals surface area contributed by atoms with Crippen molar-refractivity contribution in [3.63, 3.8) is 0 Å². The Bertz CT molecular complexity index is 742. The van der Waals surface area contributed by atoms with Gasteiger partial charge in [-0.2, -0.15) is 13.2 Å². The summed E-state index contributed by atoms with van der Waals surface area (Å²) >= 11 is 5.11. The Morgan fingerprint density at radius 3 is 2.38 bits per heavy atom. The van der Waals surface area contributed by atoms with Crippen LogP contribution < -0.4 is 10.6 Å². The van der Waals surface area contributed by atoms with E-state index in [1.807, 2.05) is 0 Å². The van der Waals surface area contributed by atoms with E-state index in [1.165, 1.54) is 13.0 Å². The van der Waals surface area contributed by atoms with E-state index in [0.717, 1.165) is 12.1 Å². The molecule has 0 radical (unpaired) electrons. The SMILES string of the molecule is CC(=O)c1ccc(NC(=S)NCc2cccc(C(F)(F)F)c2)cc1. The number of hydrogen-bond donors (Lipinski definition) is 2. The normalized spacial score (nSPS) is 11.0. The molecule has 0 aromatic heterocycles. The molecule has 2 aromatic carbocycles. The van der Waals surface area contributed by atoms with Crippen LogP contribution in [0.25, 0.3) is 0 Å². The number of thiocarbonyl (C=S) groups is 1. The summed E-state index contributed by atoms with van der Waals surface area (Å²) < 4.78 is 38.0. The minimum atomic E-state index is -4.37. The highest BCUT2D eigenvalue weighted by atomic mass is 32.1. The van der Waals surface area contributed by atoms with Crippen LogP contribution in [0.1, 0.15) is 28.4 Å². The van der Waals surface area contributed by atoms with Crippen LogP contribution in [0.2, 0.25) is 0 Å². The number of anilines is 1. The topological polar surface area (TPSA) is 41.1 Å². The summed E-state index contributed by atoms with van der Waals surface area (Å²) in [6, 6.07) is 11.8. The molecule has 2 N–H and O–H groups in total. The quantitative estimate of drug-likeness (QED) is 0.632. The Morgan fingerprint density at radius 2 is 1.79 bits per heavy atom. The van der Waals surface area contributed by atoms with Gasteiger partial charge in [0.05, 0.1) is 5.56 Å². The van der Waals surface area contributed by atoms with E-state index in [9.17, 15) is 18.0 Å². The van der Waals surface area contributed by atoms with Gasteiger partial charge in [-0.25, -0.2) is 0 Å². The van der Waals surface area contributed by atoms with E-state index in [-0.39, 0.29) is 17.4 Å². The van der Waals surface area contributed by atoms with Gasteiger partial charge >= 0.3 is 6.18 Å². The van der Waals surface area contributed by atoms with Crippen molar-refractivity contribution in [3.05, 3.63) is 65.2 Å². The molecule has 0 unspecified atom stereocenters. The maximum Gasteiger partial charge on any atom is 0.416 e. The number of halogens is 3. The molecule has 3 nitrogen and oxygen atoms in total. The average molecular weight is 352 g/mol. The average Bonchev–Trinajstić information content (AvgIpc) is 2.53. The number of rotatable bonds is 4. The summed E-state index contributed by atoms with van der Waals surface area (Å²) in [6.45, 7) is 1.64. The highest BCUT2D eigenvalue weighted by molar-refractivity contribution is 7.80. The summed E-state index contributed by atoms with van der Waals surface area (Å²) in [7, 11) is 0. The summed E-state index contributed by atoms with van der Waals surface area (Å²) in [5.41, 5.74) is 1.05. The minimum Gasteiger partial charge on any atom is -0.358 e. The molecule has 0 bridgehead atoms. The van der Waals surface area contributed by atoms with Gasteiger partial charge in [-0.15, -0.1) is 0 Å². The fourth-order valence-corrected chi connectivity index (χ4v) is 2.19. The number of nitrogens with one attached hydrogen (secondary N) is 2. The molecule has 0 aliphatic rings. The molecule has 0 saturated heterocycles. The lowest BCUT2D eigenvalue weighted by molar-refractivity contribution is -0.137. The molecule has 0 heterocycles. The van der Waals surface area contributed by atoms with Crippen LogP contribution in [0.3, 0.4) is 0 Å². The van der Waals surface area contributed by atoms with Gasteiger partial charge in [-0.3, -0.25) is 4.79 Å². The van der Waals surface area contributed by atoms with Crippen LogP contribution in [0.5, 0.6) is 0 Å². The van der Waals surface area contributed by atoms with E-state index < -0.39 is 11.7 Å². The van der Waals surface area contributed by atoms with Crippen LogP contribution in [0, 0.1) is 0 Å². The van der Waals surface area contributed by atoms with E-state index in [2.05, 4.69) is 10.6 Å².